The van der Waals surface area contributed by atoms with E-state index in [2.05, 4.69) is 32.3 Å². The van der Waals surface area contributed by atoms with Crippen molar-refractivity contribution < 1.29 is 4.79 Å². The number of aryl methyl sites for hydroxylation is 1. The minimum Gasteiger partial charge on any atom is -0.370 e. The van der Waals surface area contributed by atoms with Crippen molar-refractivity contribution in [1.29, 1.82) is 5.26 Å². The molecule has 0 spiro atoms. The lowest BCUT2D eigenvalue weighted by Crippen LogP contribution is -2.11. The fourth-order valence-corrected chi connectivity index (χ4v) is 2.99. The average Bonchev–Trinajstić information content (AvgIpc) is 2.60. The first-order chi connectivity index (χ1) is 12.1. The Labute approximate surface area is 153 Å². The normalized spacial score (nSPS) is 10.4. The van der Waals surface area contributed by atoms with Gasteiger partial charge in [0.25, 0.3) is 0 Å². The van der Waals surface area contributed by atoms with Crippen molar-refractivity contribution in [2.45, 2.75) is 12.8 Å². The van der Waals surface area contributed by atoms with E-state index in [0.29, 0.717) is 17.7 Å². The van der Waals surface area contributed by atoms with Crippen LogP contribution in [0.1, 0.15) is 17.5 Å². The lowest BCUT2D eigenvalue weighted by Gasteiger charge is -2.13. The van der Waals surface area contributed by atoms with E-state index >= 15 is 0 Å². The molecule has 3 aromatic rings. The van der Waals surface area contributed by atoms with Gasteiger partial charge in [0.15, 0.2) is 0 Å². The molecule has 0 fully saturated rings. The number of halogens is 1. The van der Waals surface area contributed by atoms with Gasteiger partial charge in [-0.15, -0.1) is 0 Å². The molecule has 1 aromatic heterocycles. The molecule has 0 unspecified atom stereocenters. The number of carbonyl (C=O) groups is 1. The van der Waals surface area contributed by atoms with E-state index in [1.54, 1.807) is 6.20 Å². The van der Waals surface area contributed by atoms with E-state index in [-0.39, 0.29) is 12.3 Å². The smallest absolute Gasteiger partial charge is 0.217 e. The van der Waals surface area contributed by atoms with Crippen molar-refractivity contribution in [2.75, 3.05) is 5.32 Å². The summed E-state index contributed by atoms with van der Waals surface area (Å²) in [7, 11) is 0. The summed E-state index contributed by atoms with van der Waals surface area (Å²) in [5.74, 6) is -0.337. The molecule has 124 valence electrons. The molecule has 0 saturated heterocycles. The van der Waals surface area contributed by atoms with Crippen molar-refractivity contribution in [3.05, 3.63) is 64.3 Å². The Morgan fingerprint density at radius 2 is 2.12 bits per heavy atom. The highest BCUT2D eigenvalue weighted by molar-refractivity contribution is 9.10. The van der Waals surface area contributed by atoms with Crippen LogP contribution in [-0.4, -0.2) is 10.9 Å². The van der Waals surface area contributed by atoms with Crippen molar-refractivity contribution in [2.24, 2.45) is 5.73 Å². The molecule has 2 aromatic carbocycles. The van der Waals surface area contributed by atoms with Crippen molar-refractivity contribution in [1.82, 2.24) is 4.98 Å². The Morgan fingerprint density at radius 1 is 1.28 bits per heavy atom. The van der Waals surface area contributed by atoms with E-state index < -0.39 is 0 Å². The lowest BCUT2D eigenvalue weighted by molar-refractivity contribution is -0.117. The van der Waals surface area contributed by atoms with Crippen LogP contribution in [0.2, 0.25) is 0 Å². The number of nitrogens with one attached hydrogen (secondary N) is 1. The van der Waals surface area contributed by atoms with Gasteiger partial charge in [-0.2, -0.15) is 5.26 Å². The minimum atomic E-state index is -0.337. The first-order valence-corrected chi connectivity index (χ1v) is 8.49. The molecule has 0 bridgehead atoms. The summed E-state index contributed by atoms with van der Waals surface area (Å²) in [6.07, 6.45) is 2.40. The monoisotopic (exact) mass is 394 g/mol. The summed E-state index contributed by atoms with van der Waals surface area (Å²) in [4.78, 5) is 15.4. The second-order valence-electron chi connectivity index (χ2n) is 5.61. The van der Waals surface area contributed by atoms with E-state index in [0.717, 1.165) is 26.6 Å². The Kier molecular flexibility index (Phi) is 4.96. The number of rotatable bonds is 5. The third-order valence-corrected chi connectivity index (χ3v) is 4.30. The number of amides is 1. The number of benzene rings is 2. The second kappa shape index (κ2) is 7.32. The van der Waals surface area contributed by atoms with E-state index in [9.17, 15) is 10.1 Å². The predicted molar refractivity (Wildman–Crippen MR) is 101 cm³/mol. The first-order valence-electron chi connectivity index (χ1n) is 7.69. The number of nitrogens with zero attached hydrogens (tertiary/aromatic N) is 2. The maximum Gasteiger partial charge on any atom is 0.217 e. The van der Waals surface area contributed by atoms with Gasteiger partial charge in [0, 0.05) is 28.2 Å². The zero-order valence-electron chi connectivity index (χ0n) is 13.3. The molecule has 0 radical (unpaired) electrons. The van der Waals surface area contributed by atoms with Gasteiger partial charge >= 0.3 is 0 Å². The molecule has 0 saturated carbocycles. The van der Waals surface area contributed by atoms with Crippen molar-refractivity contribution in [3.8, 4) is 6.07 Å². The van der Waals surface area contributed by atoms with Gasteiger partial charge in [-0.1, -0.05) is 28.1 Å². The first kappa shape index (κ1) is 16.9. The van der Waals surface area contributed by atoms with Crippen LogP contribution < -0.4 is 11.1 Å². The van der Waals surface area contributed by atoms with E-state index in [1.807, 2.05) is 42.5 Å². The molecule has 0 aliphatic heterocycles. The van der Waals surface area contributed by atoms with E-state index in [1.165, 1.54) is 0 Å². The molecular weight excluding hydrogens is 380 g/mol. The number of anilines is 2. The van der Waals surface area contributed by atoms with Crippen LogP contribution in [0.3, 0.4) is 0 Å². The molecule has 3 N–H and O–H groups in total. The van der Waals surface area contributed by atoms with Gasteiger partial charge in [0.1, 0.15) is 6.07 Å². The average molecular weight is 395 g/mol. The Morgan fingerprint density at radius 3 is 2.84 bits per heavy atom. The molecule has 1 heterocycles. The van der Waals surface area contributed by atoms with Crippen molar-refractivity contribution in [3.63, 3.8) is 0 Å². The summed E-state index contributed by atoms with van der Waals surface area (Å²) in [5.41, 5.74) is 9.00. The molecule has 0 atom stereocenters. The van der Waals surface area contributed by atoms with E-state index in [4.69, 9.17) is 5.73 Å². The number of carbonyl (C=O) groups excluding carboxylic acids is 1. The Hall–Kier alpha value is -2.91. The number of hydrogen-bond acceptors (Lipinski definition) is 4. The molecule has 0 aliphatic rings. The number of pyridine rings is 1. The van der Waals surface area contributed by atoms with Crippen LogP contribution in [-0.2, 0) is 11.2 Å². The number of aromatic nitrogens is 1. The van der Waals surface area contributed by atoms with Crippen LogP contribution >= 0.6 is 15.9 Å². The number of nitriles is 1. The van der Waals surface area contributed by atoms with Crippen LogP contribution in [0.4, 0.5) is 11.4 Å². The summed E-state index contributed by atoms with van der Waals surface area (Å²) < 4.78 is 0.941. The minimum absolute atomic E-state index is 0.283. The maximum absolute atomic E-state index is 11.0. The zero-order chi connectivity index (χ0) is 17.8. The van der Waals surface area contributed by atoms with Gasteiger partial charge in [-0.3, -0.25) is 9.78 Å². The van der Waals surface area contributed by atoms with Gasteiger partial charge in [0.2, 0.25) is 5.91 Å². The van der Waals surface area contributed by atoms with Crippen LogP contribution in [0.5, 0.6) is 0 Å². The fourth-order valence-electron chi connectivity index (χ4n) is 2.59. The summed E-state index contributed by atoms with van der Waals surface area (Å²) >= 11 is 3.45. The molecule has 6 heteroatoms. The molecule has 3 rings (SSSR count). The summed E-state index contributed by atoms with van der Waals surface area (Å²) in [5, 5.41) is 13.6. The summed E-state index contributed by atoms with van der Waals surface area (Å²) in [6, 6.07) is 15.7. The van der Waals surface area contributed by atoms with Crippen LogP contribution in [0.25, 0.3) is 10.9 Å². The Bertz CT molecular complexity index is 994. The SMILES string of the molecule is N#Cc1cnc2ccc(CCC(N)=O)cc2c1Nc1cccc(Br)c1. The van der Waals surface area contributed by atoms with Gasteiger partial charge in [-0.05, 0) is 42.3 Å². The quantitative estimate of drug-likeness (QED) is 0.682. The van der Waals surface area contributed by atoms with Crippen molar-refractivity contribution >= 4 is 44.1 Å². The largest absolute Gasteiger partial charge is 0.370 e. The predicted octanol–water partition coefficient (Wildman–Crippen LogP) is 4.03. The number of primary amides is 1. The number of fused-ring (bicyclic) bond motifs is 1. The van der Waals surface area contributed by atoms with Gasteiger partial charge in [0.05, 0.1) is 16.8 Å². The van der Waals surface area contributed by atoms with Crippen LogP contribution in [0.15, 0.2) is 53.1 Å². The fraction of sp³-hybridized carbons (Fsp3) is 0.105. The summed E-state index contributed by atoms with van der Waals surface area (Å²) in [6.45, 7) is 0. The molecule has 5 nitrogen and oxygen atoms in total. The third kappa shape index (κ3) is 3.95. The molecule has 25 heavy (non-hydrogen) atoms. The Balaban J connectivity index is 2.08. The number of hydrogen-bond donors (Lipinski definition) is 2. The number of nitrogens with two attached hydrogens (primary N) is 1. The van der Waals surface area contributed by atoms with Gasteiger partial charge < -0.3 is 11.1 Å². The molecular formula is C19H15BrN4O. The molecule has 1 amide bonds. The highest BCUT2D eigenvalue weighted by Gasteiger charge is 2.11. The topological polar surface area (TPSA) is 91.8 Å². The second-order valence-corrected chi connectivity index (χ2v) is 6.53. The standard InChI is InChI=1S/C19H15BrN4O/c20-14-2-1-3-15(9-14)24-19-13(10-21)11-23-17-6-4-12(8-16(17)19)5-7-18(22)25/h1-4,6,8-9,11H,5,7H2,(H2,22,25)(H,23,24). The molecule has 0 aliphatic carbocycles. The zero-order valence-corrected chi connectivity index (χ0v) is 14.9. The lowest BCUT2D eigenvalue weighted by atomic mass is 10.0. The highest BCUT2D eigenvalue weighted by Crippen LogP contribution is 2.30. The van der Waals surface area contributed by atoms with Crippen LogP contribution in [0, 0.1) is 11.3 Å². The maximum atomic E-state index is 11.0. The third-order valence-electron chi connectivity index (χ3n) is 3.81. The van der Waals surface area contributed by atoms with Gasteiger partial charge in [-0.25, -0.2) is 0 Å². The highest BCUT2D eigenvalue weighted by atomic mass is 79.9.